The van der Waals surface area contributed by atoms with Gasteiger partial charge in [-0.05, 0) is 43.2 Å². The number of amides is 1. The van der Waals surface area contributed by atoms with Crippen molar-refractivity contribution in [3.05, 3.63) is 59.6 Å². The summed E-state index contributed by atoms with van der Waals surface area (Å²) in [5.41, 5.74) is 2.53. The van der Waals surface area contributed by atoms with Crippen molar-refractivity contribution in [2.45, 2.75) is 25.7 Å². The second-order valence-electron chi connectivity index (χ2n) is 6.67. The van der Waals surface area contributed by atoms with E-state index in [4.69, 9.17) is 11.6 Å². The van der Waals surface area contributed by atoms with Gasteiger partial charge in [0.15, 0.2) is 0 Å². The molecule has 1 aliphatic carbocycles. The third-order valence-corrected chi connectivity index (χ3v) is 5.07. The first kappa shape index (κ1) is 16.9. The van der Waals surface area contributed by atoms with Gasteiger partial charge in [-0.3, -0.25) is 4.79 Å². The Bertz CT molecular complexity index is 934. The number of carbonyl (C=O) groups is 1. The summed E-state index contributed by atoms with van der Waals surface area (Å²) >= 11 is 5.95. The standard InChI is InChI=1S/C21H20ClN3O/c22-15-9-11-16(12-10-15)23-20-13-19(17-7-3-4-8-18(17)24-20)25-21(26)14-5-1-2-6-14/h3-4,7-14H,1-2,5-6H2,(H2,23,24,25,26). The van der Waals surface area contributed by atoms with E-state index >= 15 is 0 Å². The van der Waals surface area contributed by atoms with Crippen LogP contribution in [-0.2, 0) is 4.79 Å². The Kier molecular flexibility index (Phi) is 4.76. The van der Waals surface area contributed by atoms with Crippen LogP contribution >= 0.6 is 11.6 Å². The normalized spacial score (nSPS) is 14.5. The number of aromatic nitrogens is 1. The highest BCUT2D eigenvalue weighted by Gasteiger charge is 2.23. The number of nitrogens with one attached hydrogen (secondary N) is 2. The maximum absolute atomic E-state index is 12.6. The Morgan fingerprint density at radius 2 is 1.77 bits per heavy atom. The molecule has 2 N–H and O–H groups in total. The number of hydrogen-bond donors (Lipinski definition) is 2. The van der Waals surface area contributed by atoms with Gasteiger partial charge in [0.1, 0.15) is 5.82 Å². The third kappa shape index (κ3) is 3.65. The fraction of sp³-hybridized carbons (Fsp3) is 0.238. The van der Waals surface area contributed by atoms with E-state index in [1.807, 2.05) is 54.6 Å². The van der Waals surface area contributed by atoms with Crippen molar-refractivity contribution in [2.24, 2.45) is 5.92 Å². The Morgan fingerprint density at radius 1 is 1.04 bits per heavy atom. The molecule has 0 unspecified atom stereocenters. The number of benzene rings is 2. The molecule has 5 heteroatoms. The largest absolute Gasteiger partial charge is 0.340 e. The first-order valence-electron chi connectivity index (χ1n) is 8.92. The van der Waals surface area contributed by atoms with E-state index < -0.39 is 0 Å². The van der Waals surface area contributed by atoms with Gasteiger partial charge in [0.05, 0.1) is 11.2 Å². The van der Waals surface area contributed by atoms with Crippen molar-refractivity contribution in [1.29, 1.82) is 0 Å². The molecule has 0 aliphatic heterocycles. The van der Waals surface area contributed by atoms with Gasteiger partial charge in [0.25, 0.3) is 0 Å². The maximum atomic E-state index is 12.6. The molecule has 1 aromatic heterocycles. The highest BCUT2D eigenvalue weighted by molar-refractivity contribution is 6.30. The van der Waals surface area contributed by atoms with Crippen LogP contribution in [0.1, 0.15) is 25.7 Å². The van der Waals surface area contributed by atoms with E-state index in [-0.39, 0.29) is 11.8 Å². The number of halogens is 1. The van der Waals surface area contributed by atoms with E-state index in [2.05, 4.69) is 15.6 Å². The summed E-state index contributed by atoms with van der Waals surface area (Å²) in [6.07, 6.45) is 4.23. The monoisotopic (exact) mass is 365 g/mol. The minimum atomic E-state index is 0.108. The average Bonchev–Trinajstić information content (AvgIpc) is 3.19. The smallest absolute Gasteiger partial charge is 0.227 e. The van der Waals surface area contributed by atoms with E-state index in [9.17, 15) is 4.79 Å². The Balaban J connectivity index is 1.66. The lowest BCUT2D eigenvalue weighted by atomic mass is 10.1. The number of rotatable bonds is 4. The predicted octanol–water partition coefficient (Wildman–Crippen LogP) is 5.76. The molecule has 2 aromatic carbocycles. The molecule has 1 amide bonds. The summed E-state index contributed by atoms with van der Waals surface area (Å²) in [5.74, 6) is 0.915. The highest BCUT2D eigenvalue weighted by atomic mass is 35.5. The molecule has 132 valence electrons. The number of hydrogen-bond acceptors (Lipinski definition) is 3. The molecule has 1 heterocycles. The predicted molar refractivity (Wildman–Crippen MR) is 107 cm³/mol. The summed E-state index contributed by atoms with van der Waals surface area (Å²) in [7, 11) is 0. The van der Waals surface area contributed by atoms with Crippen LogP contribution in [0.3, 0.4) is 0 Å². The molecule has 26 heavy (non-hydrogen) atoms. The second kappa shape index (κ2) is 7.34. The molecule has 1 fully saturated rings. The molecular formula is C21H20ClN3O. The van der Waals surface area contributed by atoms with Crippen molar-refractivity contribution in [3.8, 4) is 0 Å². The SMILES string of the molecule is O=C(Nc1cc(Nc2ccc(Cl)cc2)nc2ccccc12)C1CCCC1. The van der Waals surface area contributed by atoms with Gasteiger partial charge in [-0.2, -0.15) is 0 Å². The zero-order chi connectivity index (χ0) is 17.9. The Morgan fingerprint density at radius 3 is 2.54 bits per heavy atom. The molecule has 0 spiro atoms. The van der Waals surface area contributed by atoms with Gasteiger partial charge in [-0.15, -0.1) is 0 Å². The first-order chi connectivity index (χ1) is 12.7. The summed E-state index contributed by atoms with van der Waals surface area (Å²) in [4.78, 5) is 17.3. The fourth-order valence-electron chi connectivity index (χ4n) is 3.45. The van der Waals surface area contributed by atoms with Crippen molar-refractivity contribution < 1.29 is 4.79 Å². The van der Waals surface area contributed by atoms with E-state index in [1.54, 1.807) is 0 Å². The number of pyridine rings is 1. The van der Waals surface area contributed by atoms with Gasteiger partial charge in [-0.1, -0.05) is 42.6 Å². The fourth-order valence-corrected chi connectivity index (χ4v) is 3.57. The molecule has 1 saturated carbocycles. The first-order valence-corrected chi connectivity index (χ1v) is 9.30. The summed E-state index contributed by atoms with van der Waals surface area (Å²) in [5, 5.41) is 8.04. The van der Waals surface area contributed by atoms with Crippen LogP contribution in [0.2, 0.25) is 5.02 Å². The quantitative estimate of drug-likeness (QED) is 0.618. The third-order valence-electron chi connectivity index (χ3n) is 4.82. The van der Waals surface area contributed by atoms with Crippen LogP contribution in [0.25, 0.3) is 10.9 Å². The molecule has 0 saturated heterocycles. The molecule has 0 atom stereocenters. The number of nitrogens with zero attached hydrogens (tertiary/aromatic N) is 1. The number of para-hydroxylation sites is 1. The lowest BCUT2D eigenvalue weighted by Crippen LogP contribution is -2.20. The van der Waals surface area contributed by atoms with Crippen LogP contribution < -0.4 is 10.6 Å². The minimum Gasteiger partial charge on any atom is -0.340 e. The molecule has 0 bridgehead atoms. The van der Waals surface area contributed by atoms with Gasteiger partial charge < -0.3 is 10.6 Å². The number of fused-ring (bicyclic) bond motifs is 1. The zero-order valence-corrected chi connectivity index (χ0v) is 15.1. The second-order valence-corrected chi connectivity index (χ2v) is 7.11. The Hall–Kier alpha value is -2.59. The van der Waals surface area contributed by atoms with Crippen LogP contribution in [0.5, 0.6) is 0 Å². The van der Waals surface area contributed by atoms with Gasteiger partial charge in [0.2, 0.25) is 5.91 Å². The van der Waals surface area contributed by atoms with E-state index in [0.717, 1.165) is 48.0 Å². The maximum Gasteiger partial charge on any atom is 0.227 e. The topological polar surface area (TPSA) is 54.0 Å². The van der Waals surface area contributed by atoms with Gasteiger partial charge in [-0.25, -0.2) is 4.98 Å². The van der Waals surface area contributed by atoms with Crippen LogP contribution in [0.4, 0.5) is 17.2 Å². The summed E-state index contributed by atoms with van der Waals surface area (Å²) < 4.78 is 0. The summed E-state index contributed by atoms with van der Waals surface area (Å²) in [6.45, 7) is 0. The van der Waals surface area contributed by atoms with E-state index in [1.165, 1.54) is 0 Å². The van der Waals surface area contributed by atoms with Gasteiger partial charge >= 0.3 is 0 Å². The zero-order valence-electron chi connectivity index (χ0n) is 14.3. The number of carbonyl (C=O) groups excluding carboxylic acids is 1. The van der Waals surface area contributed by atoms with Crippen molar-refractivity contribution in [3.63, 3.8) is 0 Å². The lowest BCUT2D eigenvalue weighted by molar-refractivity contribution is -0.119. The van der Waals surface area contributed by atoms with Crippen molar-refractivity contribution in [2.75, 3.05) is 10.6 Å². The van der Waals surface area contributed by atoms with Crippen LogP contribution in [0.15, 0.2) is 54.6 Å². The molecule has 0 radical (unpaired) electrons. The van der Waals surface area contributed by atoms with Gasteiger partial charge in [0, 0.05) is 28.1 Å². The average molecular weight is 366 g/mol. The van der Waals surface area contributed by atoms with E-state index in [0.29, 0.717) is 10.8 Å². The van der Waals surface area contributed by atoms with Crippen LogP contribution in [-0.4, -0.2) is 10.9 Å². The number of anilines is 3. The van der Waals surface area contributed by atoms with Crippen molar-refractivity contribution >= 4 is 45.6 Å². The molecular weight excluding hydrogens is 346 g/mol. The molecule has 3 aromatic rings. The highest BCUT2D eigenvalue weighted by Crippen LogP contribution is 2.30. The molecule has 1 aliphatic rings. The molecule has 4 rings (SSSR count). The lowest BCUT2D eigenvalue weighted by Gasteiger charge is -2.14. The minimum absolute atomic E-state index is 0.108. The van der Waals surface area contributed by atoms with Crippen LogP contribution in [0, 0.1) is 5.92 Å². The summed E-state index contributed by atoms with van der Waals surface area (Å²) in [6, 6.07) is 17.2. The van der Waals surface area contributed by atoms with Crippen molar-refractivity contribution in [1.82, 2.24) is 4.98 Å². The Labute approximate surface area is 157 Å². The molecule has 4 nitrogen and oxygen atoms in total.